The molecule has 0 N–H and O–H groups in total. The molecule has 0 saturated carbocycles. The molecule has 2 aromatic rings. The van der Waals surface area contributed by atoms with Gasteiger partial charge in [0.2, 0.25) is 0 Å². The predicted molar refractivity (Wildman–Crippen MR) is 91.2 cm³/mol. The monoisotopic (exact) mass is 313 g/mol. The molecule has 2 aromatic carbocycles. The van der Waals surface area contributed by atoms with Crippen LogP contribution in [0.3, 0.4) is 0 Å². The Morgan fingerprint density at radius 2 is 1.52 bits per heavy atom. The Morgan fingerprint density at radius 1 is 0.957 bits per heavy atom. The van der Waals surface area contributed by atoms with E-state index in [-0.39, 0.29) is 5.97 Å². The summed E-state index contributed by atoms with van der Waals surface area (Å²) in [5.41, 5.74) is 1.81. The Labute approximate surface area is 137 Å². The minimum Gasteiger partial charge on any atom is -0.462 e. The van der Waals surface area contributed by atoms with E-state index in [1.807, 2.05) is 12.1 Å². The second kappa shape index (κ2) is 8.34. The van der Waals surface area contributed by atoms with Crippen LogP contribution in [0.4, 0.5) is 0 Å². The molecule has 23 heavy (non-hydrogen) atoms. The molecule has 4 heteroatoms. The van der Waals surface area contributed by atoms with Gasteiger partial charge < -0.3 is 14.4 Å². The average Bonchev–Trinajstić information content (AvgIpc) is 2.55. The molecular formula is C19H23NO3. The van der Waals surface area contributed by atoms with Gasteiger partial charge in [0.15, 0.2) is 0 Å². The molecule has 0 radical (unpaired) electrons. The first-order valence-electron chi connectivity index (χ1n) is 7.77. The fraction of sp³-hybridized carbons (Fsp3) is 0.316. The molecule has 0 aliphatic heterocycles. The van der Waals surface area contributed by atoms with E-state index in [0.717, 1.165) is 18.7 Å². The van der Waals surface area contributed by atoms with Gasteiger partial charge in [0.1, 0.15) is 11.5 Å². The molecule has 4 nitrogen and oxygen atoms in total. The Hall–Kier alpha value is -2.33. The van der Waals surface area contributed by atoms with Gasteiger partial charge in [-0.15, -0.1) is 0 Å². The summed E-state index contributed by atoms with van der Waals surface area (Å²) in [6.07, 6.45) is 1.02. The normalized spacial score (nSPS) is 10.6. The van der Waals surface area contributed by atoms with Gasteiger partial charge in [0, 0.05) is 6.54 Å². The number of benzene rings is 2. The third kappa shape index (κ3) is 5.42. The van der Waals surface area contributed by atoms with Crippen molar-refractivity contribution in [1.82, 2.24) is 4.90 Å². The van der Waals surface area contributed by atoms with Gasteiger partial charge in [-0.3, -0.25) is 0 Å². The zero-order valence-corrected chi connectivity index (χ0v) is 13.9. The number of esters is 1. The van der Waals surface area contributed by atoms with Crippen molar-refractivity contribution in [2.24, 2.45) is 0 Å². The van der Waals surface area contributed by atoms with Gasteiger partial charge >= 0.3 is 5.97 Å². The number of carbonyl (C=O) groups is 1. The summed E-state index contributed by atoms with van der Waals surface area (Å²) in [5, 5.41) is 0. The summed E-state index contributed by atoms with van der Waals surface area (Å²) in [7, 11) is 4.13. The lowest BCUT2D eigenvalue weighted by Crippen LogP contribution is -2.14. The van der Waals surface area contributed by atoms with Crippen LogP contribution in [0, 0.1) is 0 Å². The van der Waals surface area contributed by atoms with E-state index in [0.29, 0.717) is 17.9 Å². The summed E-state index contributed by atoms with van der Waals surface area (Å²) in [5.74, 6) is 1.16. The highest BCUT2D eigenvalue weighted by atomic mass is 16.5. The van der Waals surface area contributed by atoms with Crippen LogP contribution in [0.1, 0.15) is 22.8 Å². The highest BCUT2D eigenvalue weighted by Gasteiger charge is 2.06. The van der Waals surface area contributed by atoms with Crippen LogP contribution < -0.4 is 4.74 Å². The number of likely N-dealkylation sites (N-methyl/N-ethyl adjacent to an activating group) is 1. The molecule has 0 unspecified atom stereocenters. The van der Waals surface area contributed by atoms with Crippen molar-refractivity contribution in [1.29, 1.82) is 0 Å². The number of ether oxygens (including phenoxy) is 2. The van der Waals surface area contributed by atoms with Crippen LogP contribution in [0.15, 0.2) is 48.5 Å². The van der Waals surface area contributed by atoms with Gasteiger partial charge in [-0.2, -0.15) is 0 Å². The molecule has 0 aliphatic carbocycles. The second-order valence-corrected chi connectivity index (χ2v) is 5.54. The molecule has 0 saturated heterocycles. The van der Waals surface area contributed by atoms with Crippen molar-refractivity contribution in [3.63, 3.8) is 0 Å². The molecule has 0 aromatic heterocycles. The van der Waals surface area contributed by atoms with Gasteiger partial charge in [-0.25, -0.2) is 4.79 Å². The van der Waals surface area contributed by atoms with Gasteiger partial charge in [-0.1, -0.05) is 12.1 Å². The molecule has 0 spiro atoms. The third-order valence-corrected chi connectivity index (χ3v) is 3.37. The lowest BCUT2D eigenvalue weighted by molar-refractivity contribution is 0.0526. The topological polar surface area (TPSA) is 38.8 Å². The SMILES string of the molecule is CCOC(=O)c1ccc(Oc2ccc(CCN(C)C)cc2)cc1. The van der Waals surface area contributed by atoms with E-state index in [1.54, 1.807) is 31.2 Å². The maximum atomic E-state index is 11.6. The first-order valence-corrected chi connectivity index (χ1v) is 7.77. The highest BCUT2D eigenvalue weighted by Crippen LogP contribution is 2.22. The van der Waals surface area contributed by atoms with E-state index in [1.165, 1.54) is 5.56 Å². The van der Waals surface area contributed by atoms with Crippen molar-refractivity contribution in [3.05, 3.63) is 59.7 Å². The van der Waals surface area contributed by atoms with Crippen LogP contribution in [-0.4, -0.2) is 38.1 Å². The molecule has 0 amide bonds. The number of hydrogen-bond donors (Lipinski definition) is 0. The summed E-state index contributed by atoms with van der Waals surface area (Å²) >= 11 is 0. The quantitative estimate of drug-likeness (QED) is 0.730. The molecule has 0 bridgehead atoms. The number of hydrogen-bond acceptors (Lipinski definition) is 4. The summed E-state index contributed by atoms with van der Waals surface area (Å²) < 4.78 is 10.7. The zero-order chi connectivity index (χ0) is 16.7. The molecule has 0 heterocycles. The summed E-state index contributed by atoms with van der Waals surface area (Å²) in [4.78, 5) is 13.8. The number of carbonyl (C=O) groups excluding carboxylic acids is 1. The van der Waals surface area contributed by atoms with Crippen molar-refractivity contribution in [2.45, 2.75) is 13.3 Å². The maximum Gasteiger partial charge on any atom is 0.338 e. The van der Waals surface area contributed by atoms with Crippen LogP contribution >= 0.6 is 0 Å². The second-order valence-electron chi connectivity index (χ2n) is 5.54. The van der Waals surface area contributed by atoms with Crippen LogP contribution in [0.25, 0.3) is 0 Å². The molecular weight excluding hydrogens is 290 g/mol. The van der Waals surface area contributed by atoms with E-state index >= 15 is 0 Å². The summed E-state index contributed by atoms with van der Waals surface area (Å²) in [6, 6.07) is 15.0. The third-order valence-electron chi connectivity index (χ3n) is 3.37. The Bertz CT molecular complexity index is 618. The predicted octanol–water partition coefficient (Wildman–Crippen LogP) is 3.76. The minimum absolute atomic E-state index is 0.315. The fourth-order valence-corrected chi connectivity index (χ4v) is 2.09. The lowest BCUT2D eigenvalue weighted by Gasteiger charge is -2.10. The largest absolute Gasteiger partial charge is 0.462 e. The lowest BCUT2D eigenvalue weighted by atomic mass is 10.1. The van der Waals surface area contributed by atoms with Crippen LogP contribution in [0.2, 0.25) is 0 Å². The van der Waals surface area contributed by atoms with Crippen molar-refractivity contribution >= 4 is 5.97 Å². The Morgan fingerprint density at radius 3 is 2.04 bits per heavy atom. The van der Waals surface area contributed by atoms with Crippen LogP contribution in [-0.2, 0) is 11.2 Å². The maximum absolute atomic E-state index is 11.6. The fourth-order valence-electron chi connectivity index (χ4n) is 2.09. The standard InChI is InChI=1S/C19H23NO3/c1-4-22-19(21)16-7-11-18(12-8-16)23-17-9-5-15(6-10-17)13-14-20(2)3/h5-12H,4,13-14H2,1-3H3. The first kappa shape index (κ1) is 17.0. The van der Waals surface area contributed by atoms with Crippen LogP contribution in [0.5, 0.6) is 11.5 Å². The van der Waals surface area contributed by atoms with E-state index < -0.39 is 0 Å². The minimum atomic E-state index is -0.315. The molecule has 0 atom stereocenters. The van der Waals surface area contributed by atoms with E-state index in [9.17, 15) is 4.79 Å². The molecule has 0 fully saturated rings. The van der Waals surface area contributed by atoms with Crippen molar-refractivity contribution in [2.75, 3.05) is 27.2 Å². The Kier molecular flexibility index (Phi) is 6.18. The first-order chi connectivity index (χ1) is 11.1. The number of rotatable bonds is 7. The van der Waals surface area contributed by atoms with Gasteiger partial charge in [0.05, 0.1) is 12.2 Å². The highest BCUT2D eigenvalue weighted by molar-refractivity contribution is 5.89. The zero-order valence-electron chi connectivity index (χ0n) is 13.9. The van der Waals surface area contributed by atoms with Crippen molar-refractivity contribution in [3.8, 4) is 11.5 Å². The molecule has 122 valence electrons. The molecule has 2 rings (SSSR count). The smallest absolute Gasteiger partial charge is 0.338 e. The van der Waals surface area contributed by atoms with E-state index in [4.69, 9.17) is 9.47 Å². The van der Waals surface area contributed by atoms with Gasteiger partial charge in [0.25, 0.3) is 0 Å². The van der Waals surface area contributed by atoms with Crippen molar-refractivity contribution < 1.29 is 14.3 Å². The number of nitrogens with zero attached hydrogens (tertiary/aromatic N) is 1. The van der Waals surface area contributed by atoms with Gasteiger partial charge in [-0.05, 0) is 69.4 Å². The van der Waals surface area contributed by atoms with E-state index in [2.05, 4.69) is 31.1 Å². The molecule has 0 aliphatic rings. The Balaban J connectivity index is 1.95. The summed E-state index contributed by atoms with van der Waals surface area (Å²) in [6.45, 7) is 3.18. The average molecular weight is 313 g/mol.